The smallest absolute Gasteiger partial charge is 0.183 e. The molecule has 0 fully saturated rings. The van der Waals surface area contributed by atoms with Crippen molar-refractivity contribution in [3.8, 4) is 0 Å². The Kier molecular flexibility index (Phi) is 9.03. The molecule has 0 spiro atoms. The van der Waals surface area contributed by atoms with Gasteiger partial charge in [-0.25, -0.2) is 0 Å². The van der Waals surface area contributed by atoms with Crippen molar-refractivity contribution in [3.05, 3.63) is 108 Å². The highest BCUT2D eigenvalue weighted by Crippen LogP contribution is 2.43. The molecule has 3 rings (SSSR count). The molecular weight excluding hydrogens is 431 g/mol. The summed E-state index contributed by atoms with van der Waals surface area (Å²) in [5.74, 6) is 0. The van der Waals surface area contributed by atoms with Crippen molar-refractivity contribution < 1.29 is 28.3 Å². The summed E-state index contributed by atoms with van der Waals surface area (Å²) >= 11 is 0. The Hall–Kier alpha value is -1.78. The van der Waals surface area contributed by atoms with E-state index in [1.807, 2.05) is 0 Å². The molecule has 3 aromatic rings. The zero-order valence-corrected chi connectivity index (χ0v) is 19.2. The number of benzene rings is 3. The first-order valence-electron chi connectivity index (χ1n) is 10.5. The minimum absolute atomic E-state index is 0.232. The Morgan fingerprint density at radius 3 is 1.45 bits per heavy atom. The molecule has 0 radical (unpaired) electrons. The van der Waals surface area contributed by atoms with Crippen LogP contribution in [0.1, 0.15) is 48.8 Å². The Morgan fingerprint density at radius 1 is 0.613 bits per heavy atom. The molecule has 0 saturated carbocycles. The second kappa shape index (κ2) is 11.7. The van der Waals surface area contributed by atoms with Gasteiger partial charge in [-0.3, -0.25) is 0 Å². The number of hydrogen-bond donors (Lipinski definition) is 0. The first-order chi connectivity index (χ1) is 15.0. The highest BCUT2D eigenvalue weighted by molar-refractivity contribution is 7.31. The van der Waals surface area contributed by atoms with Crippen LogP contribution in [0.3, 0.4) is 0 Å². The largest absolute Gasteiger partial charge is 0.201 e. The standard InChI is InChI=1S/C25H28ClO4P/c27-26(28,29)30-31-21-13-2-1-12-20-25(22-14-6-3-7-15-22,23-16-8-4-9-17-23)24-18-10-5-11-19-24/h3-11,14-19,31H,1-2,12-13,20-21H2. The monoisotopic (exact) mass is 458 g/mol. The van der Waals surface area contributed by atoms with Crippen LogP contribution in [0.15, 0.2) is 91.0 Å². The molecule has 0 aromatic heterocycles. The second-order valence-corrected chi connectivity index (χ2v) is 9.68. The summed E-state index contributed by atoms with van der Waals surface area (Å²) in [6.07, 6.45) is 5.44. The lowest BCUT2D eigenvalue weighted by atomic mass is 9.66. The Bertz CT molecular complexity index is 789. The topological polar surface area (TPSA) is 78.4 Å². The second-order valence-electron chi connectivity index (χ2n) is 7.52. The van der Waals surface area contributed by atoms with Crippen LogP contribution in [0, 0.1) is 10.2 Å². The van der Waals surface area contributed by atoms with Crippen molar-refractivity contribution in [3.63, 3.8) is 0 Å². The molecule has 164 valence electrons. The molecule has 0 N–H and O–H groups in total. The number of unbranched alkanes of at least 4 members (excludes halogenated alkanes) is 3. The summed E-state index contributed by atoms with van der Waals surface area (Å²) in [7, 11) is -4.60. The average molecular weight is 459 g/mol. The van der Waals surface area contributed by atoms with Gasteiger partial charge in [0.25, 0.3) is 0 Å². The number of hydrogen-bond acceptors (Lipinski definition) is 4. The zero-order valence-electron chi connectivity index (χ0n) is 17.4. The molecule has 0 amide bonds. The molecule has 0 bridgehead atoms. The van der Waals surface area contributed by atoms with Gasteiger partial charge in [-0.2, -0.15) is 14.0 Å². The van der Waals surface area contributed by atoms with E-state index in [9.17, 15) is 14.0 Å². The van der Waals surface area contributed by atoms with Gasteiger partial charge in [-0.05, 0) is 29.5 Å². The molecule has 0 heterocycles. The van der Waals surface area contributed by atoms with Crippen molar-refractivity contribution in [2.75, 3.05) is 6.16 Å². The molecule has 3 aromatic carbocycles. The van der Waals surface area contributed by atoms with Gasteiger partial charge in [0.15, 0.2) is 0 Å². The lowest BCUT2D eigenvalue weighted by Gasteiger charge is -2.36. The van der Waals surface area contributed by atoms with Gasteiger partial charge in [0.05, 0.1) is 14.3 Å². The van der Waals surface area contributed by atoms with Gasteiger partial charge in [0.1, 0.15) is 0 Å². The zero-order chi connectivity index (χ0) is 22.0. The van der Waals surface area contributed by atoms with E-state index in [-0.39, 0.29) is 14.2 Å². The van der Waals surface area contributed by atoms with Gasteiger partial charge >= 0.3 is 0 Å². The molecule has 1 unspecified atom stereocenters. The highest BCUT2D eigenvalue weighted by Gasteiger charge is 2.35. The molecular formula is C25H28ClO4P. The van der Waals surface area contributed by atoms with E-state index in [0.29, 0.717) is 6.16 Å². The maximum Gasteiger partial charge on any atom is 0.201 e. The lowest BCUT2D eigenvalue weighted by Crippen LogP contribution is -2.59. The predicted octanol–water partition coefficient (Wildman–Crippen LogP) is 3.48. The highest BCUT2D eigenvalue weighted by atomic mass is 35.7. The SMILES string of the molecule is [O-][Cl+3]([O-])([O-])OPCCCCCCC(c1ccccc1)(c1ccccc1)c1ccccc1. The van der Waals surface area contributed by atoms with E-state index in [1.54, 1.807) is 0 Å². The van der Waals surface area contributed by atoms with Crippen LogP contribution in [0.25, 0.3) is 0 Å². The van der Waals surface area contributed by atoms with E-state index in [1.165, 1.54) is 16.7 Å². The summed E-state index contributed by atoms with van der Waals surface area (Å²) in [5, 5.41) is 0. The molecule has 0 aliphatic heterocycles. The van der Waals surface area contributed by atoms with Crippen LogP contribution in [0.4, 0.5) is 0 Å². The van der Waals surface area contributed by atoms with Crippen LogP contribution in [-0.2, 0) is 9.49 Å². The minimum Gasteiger partial charge on any atom is -0.183 e. The number of rotatable bonds is 12. The van der Waals surface area contributed by atoms with Gasteiger partial charge in [0.2, 0.25) is 8.81 Å². The third-order valence-electron chi connectivity index (χ3n) is 5.53. The summed E-state index contributed by atoms with van der Waals surface area (Å²) in [4.78, 5) is 0. The van der Waals surface area contributed by atoms with Crippen LogP contribution in [0.2, 0.25) is 0 Å². The average Bonchev–Trinajstić information content (AvgIpc) is 2.79. The van der Waals surface area contributed by atoms with Crippen molar-refractivity contribution in [2.24, 2.45) is 0 Å². The summed E-state index contributed by atoms with van der Waals surface area (Å²) in [5.41, 5.74) is 3.61. The van der Waals surface area contributed by atoms with Crippen molar-refractivity contribution >= 4 is 8.81 Å². The molecule has 1 atom stereocenters. The van der Waals surface area contributed by atoms with E-state index >= 15 is 0 Å². The summed E-state index contributed by atoms with van der Waals surface area (Å²) < 4.78 is 35.7. The van der Waals surface area contributed by atoms with Crippen LogP contribution in [-0.4, -0.2) is 6.16 Å². The third kappa shape index (κ3) is 6.85. The molecule has 31 heavy (non-hydrogen) atoms. The van der Waals surface area contributed by atoms with E-state index in [0.717, 1.165) is 32.1 Å². The van der Waals surface area contributed by atoms with Crippen molar-refractivity contribution in [1.29, 1.82) is 0 Å². The fourth-order valence-corrected chi connectivity index (χ4v) is 5.38. The fourth-order valence-electron chi connectivity index (χ4n) is 4.15. The number of halogens is 1. The first kappa shape index (κ1) is 23.9. The van der Waals surface area contributed by atoms with E-state index in [4.69, 9.17) is 0 Å². The molecule has 4 nitrogen and oxygen atoms in total. The molecule has 6 heteroatoms. The normalized spacial score (nSPS) is 12.5. The van der Waals surface area contributed by atoms with E-state index < -0.39 is 10.2 Å². The molecule has 0 saturated heterocycles. The van der Waals surface area contributed by atoms with Gasteiger partial charge in [0, 0.05) is 11.6 Å². The Balaban J connectivity index is 1.74. The predicted molar refractivity (Wildman–Crippen MR) is 117 cm³/mol. The first-order valence-corrected chi connectivity index (χ1v) is 12.9. The van der Waals surface area contributed by atoms with Crippen LogP contribution >= 0.6 is 8.81 Å². The lowest BCUT2D eigenvalue weighted by molar-refractivity contribution is -1.91. The van der Waals surface area contributed by atoms with E-state index in [2.05, 4.69) is 95.1 Å². The van der Waals surface area contributed by atoms with Gasteiger partial charge in [-0.15, -0.1) is 0 Å². The van der Waals surface area contributed by atoms with Crippen molar-refractivity contribution in [2.45, 2.75) is 37.5 Å². The Labute approximate surface area is 188 Å². The summed E-state index contributed by atoms with van der Waals surface area (Å²) in [6, 6.07) is 32.0. The van der Waals surface area contributed by atoms with Crippen LogP contribution < -0.4 is 14.0 Å². The van der Waals surface area contributed by atoms with Gasteiger partial charge in [-0.1, -0.05) is 110 Å². The third-order valence-corrected chi connectivity index (χ3v) is 7.28. The minimum atomic E-state index is -4.30. The van der Waals surface area contributed by atoms with Crippen LogP contribution in [0.5, 0.6) is 0 Å². The fraction of sp³-hybridized carbons (Fsp3) is 0.280. The Morgan fingerprint density at radius 2 is 1.03 bits per heavy atom. The van der Waals surface area contributed by atoms with Crippen molar-refractivity contribution in [1.82, 2.24) is 0 Å². The quantitative estimate of drug-likeness (QED) is 0.236. The maximum atomic E-state index is 10.5. The summed E-state index contributed by atoms with van der Waals surface area (Å²) in [6.45, 7) is 0. The maximum absolute atomic E-state index is 10.5. The molecule has 0 aliphatic rings. The molecule has 0 aliphatic carbocycles. The van der Waals surface area contributed by atoms with Gasteiger partial charge < -0.3 is 0 Å².